The first-order chi connectivity index (χ1) is 11.7. The lowest BCUT2D eigenvalue weighted by molar-refractivity contribution is 0.534. The second-order valence-electron chi connectivity index (χ2n) is 6.94. The molecule has 6 nitrogen and oxygen atoms in total. The molecule has 1 heterocycles. The normalized spacial score (nSPS) is 14.6. The standard InChI is InChI=1S/C18H23N3O3S/c1-12-16(14-7-9-15(10-8-14)25(4,23)24)19-21(11-13-5-6-13)18(22)17(12)20(2)3/h7-10,13H,5-6,11H2,1-4H3. The summed E-state index contributed by atoms with van der Waals surface area (Å²) in [5, 5.41) is 4.59. The van der Waals surface area contributed by atoms with Gasteiger partial charge in [-0.1, -0.05) is 12.1 Å². The highest BCUT2D eigenvalue weighted by Crippen LogP contribution is 2.31. The Morgan fingerprint density at radius 1 is 1.20 bits per heavy atom. The highest BCUT2D eigenvalue weighted by molar-refractivity contribution is 7.90. The molecule has 0 unspecified atom stereocenters. The Kier molecular flexibility index (Phi) is 4.45. The van der Waals surface area contributed by atoms with Gasteiger partial charge >= 0.3 is 0 Å². The second kappa shape index (κ2) is 6.29. The fraction of sp³-hybridized carbons (Fsp3) is 0.444. The van der Waals surface area contributed by atoms with Crippen LogP contribution in [-0.2, 0) is 16.4 Å². The number of sulfone groups is 1. The summed E-state index contributed by atoms with van der Waals surface area (Å²) in [7, 11) is 0.458. The molecule has 0 amide bonds. The van der Waals surface area contributed by atoms with Crippen molar-refractivity contribution in [3.05, 3.63) is 40.2 Å². The predicted molar refractivity (Wildman–Crippen MR) is 98.8 cm³/mol. The van der Waals surface area contributed by atoms with E-state index in [1.165, 1.54) is 6.26 Å². The highest BCUT2D eigenvalue weighted by Gasteiger charge is 2.25. The third-order valence-electron chi connectivity index (χ3n) is 4.50. The van der Waals surface area contributed by atoms with E-state index in [4.69, 9.17) is 0 Å². The molecule has 0 radical (unpaired) electrons. The summed E-state index contributed by atoms with van der Waals surface area (Å²) < 4.78 is 24.9. The van der Waals surface area contributed by atoms with Crippen LogP contribution in [-0.4, -0.2) is 38.5 Å². The molecule has 1 saturated carbocycles. The van der Waals surface area contributed by atoms with E-state index in [0.29, 0.717) is 23.8 Å². The Hall–Kier alpha value is -2.15. The molecule has 2 aromatic rings. The summed E-state index contributed by atoms with van der Waals surface area (Å²) in [6.07, 6.45) is 3.46. The number of aromatic nitrogens is 2. The summed E-state index contributed by atoms with van der Waals surface area (Å²) in [6, 6.07) is 6.66. The van der Waals surface area contributed by atoms with Gasteiger partial charge in [0.25, 0.3) is 5.56 Å². The smallest absolute Gasteiger partial charge is 0.290 e. The first kappa shape index (κ1) is 17.7. The van der Waals surface area contributed by atoms with Crippen molar-refractivity contribution in [1.29, 1.82) is 0 Å². The third-order valence-corrected chi connectivity index (χ3v) is 5.63. The van der Waals surface area contributed by atoms with Crippen LogP contribution in [0.15, 0.2) is 34.0 Å². The van der Waals surface area contributed by atoms with E-state index in [2.05, 4.69) is 5.10 Å². The van der Waals surface area contributed by atoms with Gasteiger partial charge in [-0.15, -0.1) is 0 Å². The number of hydrogen-bond donors (Lipinski definition) is 0. The quantitative estimate of drug-likeness (QED) is 0.815. The molecule has 0 N–H and O–H groups in total. The molecule has 134 valence electrons. The van der Waals surface area contributed by atoms with E-state index >= 15 is 0 Å². The van der Waals surface area contributed by atoms with Crippen molar-refractivity contribution in [2.24, 2.45) is 5.92 Å². The van der Waals surface area contributed by atoms with Gasteiger partial charge in [0.05, 0.1) is 10.6 Å². The van der Waals surface area contributed by atoms with Crippen molar-refractivity contribution in [2.75, 3.05) is 25.3 Å². The molecular formula is C18H23N3O3S. The van der Waals surface area contributed by atoms with E-state index < -0.39 is 9.84 Å². The van der Waals surface area contributed by atoms with Gasteiger partial charge in [0.2, 0.25) is 0 Å². The molecule has 25 heavy (non-hydrogen) atoms. The zero-order chi connectivity index (χ0) is 18.4. The van der Waals surface area contributed by atoms with E-state index in [1.807, 2.05) is 25.9 Å². The molecule has 1 aromatic heterocycles. The van der Waals surface area contributed by atoms with Crippen molar-refractivity contribution in [3.8, 4) is 11.3 Å². The zero-order valence-electron chi connectivity index (χ0n) is 15.0. The van der Waals surface area contributed by atoms with Crippen LogP contribution >= 0.6 is 0 Å². The summed E-state index contributed by atoms with van der Waals surface area (Å²) in [4.78, 5) is 14.8. The molecule has 1 aliphatic rings. The molecule has 1 aliphatic carbocycles. The summed E-state index contributed by atoms with van der Waals surface area (Å²) in [5.74, 6) is 0.531. The van der Waals surface area contributed by atoms with Crippen molar-refractivity contribution >= 4 is 15.5 Å². The summed E-state index contributed by atoms with van der Waals surface area (Å²) in [5.41, 5.74) is 2.86. The van der Waals surface area contributed by atoms with Gasteiger partial charge in [0.1, 0.15) is 5.69 Å². The Morgan fingerprint density at radius 3 is 2.28 bits per heavy atom. The fourth-order valence-corrected chi connectivity index (χ4v) is 3.60. The summed E-state index contributed by atoms with van der Waals surface area (Å²) in [6.45, 7) is 2.51. The maximum atomic E-state index is 12.7. The van der Waals surface area contributed by atoms with Crippen LogP contribution in [0.1, 0.15) is 18.4 Å². The molecule has 0 atom stereocenters. The topological polar surface area (TPSA) is 72.3 Å². The van der Waals surface area contributed by atoms with Gasteiger partial charge in [-0.05, 0) is 37.8 Å². The Balaban J connectivity index is 2.14. The number of hydrogen-bond acceptors (Lipinski definition) is 5. The molecule has 1 fully saturated rings. The Labute approximate surface area is 148 Å². The van der Waals surface area contributed by atoms with Crippen molar-refractivity contribution in [2.45, 2.75) is 31.2 Å². The number of benzene rings is 1. The minimum absolute atomic E-state index is 0.0779. The first-order valence-electron chi connectivity index (χ1n) is 8.28. The minimum atomic E-state index is -3.24. The molecular weight excluding hydrogens is 338 g/mol. The maximum absolute atomic E-state index is 12.7. The number of anilines is 1. The van der Waals surface area contributed by atoms with Crippen molar-refractivity contribution in [3.63, 3.8) is 0 Å². The van der Waals surface area contributed by atoms with Crippen LogP contribution in [0.5, 0.6) is 0 Å². The lowest BCUT2D eigenvalue weighted by Crippen LogP contribution is -2.31. The SMILES string of the molecule is Cc1c(-c2ccc(S(C)(=O)=O)cc2)nn(CC2CC2)c(=O)c1N(C)C. The van der Waals surface area contributed by atoms with Crippen LogP contribution in [0.25, 0.3) is 11.3 Å². The average Bonchev–Trinajstić information content (AvgIpc) is 3.33. The van der Waals surface area contributed by atoms with Gasteiger partial charge in [-0.25, -0.2) is 13.1 Å². The van der Waals surface area contributed by atoms with Crippen LogP contribution < -0.4 is 10.5 Å². The van der Waals surface area contributed by atoms with Gasteiger partial charge in [0.15, 0.2) is 9.84 Å². The van der Waals surface area contributed by atoms with Crippen molar-refractivity contribution < 1.29 is 8.42 Å². The second-order valence-corrected chi connectivity index (χ2v) is 8.96. The van der Waals surface area contributed by atoms with Gasteiger partial charge in [0, 0.05) is 38.0 Å². The molecule has 3 rings (SSSR count). The van der Waals surface area contributed by atoms with E-state index in [0.717, 1.165) is 24.0 Å². The fourth-order valence-electron chi connectivity index (χ4n) is 2.97. The van der Waals surface area contributed by atoms with E-state index in [-0.39, 0.29) is 10.5 Å². The van der Waals surface area contributed by atoms with E-state index in [9.17, 15) is 13.2 Å². The first-order valence-corrected chi connectivity index (χ1v) is 10.2. The largest absolute Gasteiger partial charge is 0.373 e. The third kappa shape index (κ3) is 3.61. The van der Waals surface area contributed by atoms with Gasteiger partial charge in [-0.2, -0.15) is 5.10 Å². The molecule has 7 heteroatoms. The molecule has 1 aromatic carbocycles. The molecule has 0 spiro atoms. The number of nitrogens with zero attached hydrogens (tertiary/aromatic N) is 3. The molecule has 0 saturated heterocycles. The maximum Gasteiger partial charge on any atom is 0.290 e. The number of rotatable bonds is 5. The van der Waals surface area contributed by atoms with Crippen LogP contribution in [0.4, 0.5) is 5.69 Å². The zero-order valence-corrected chi connectivity index (χ0v) is 15.8. The molecule has 0 aliphatic heterocycles. The van der Waals surface area contributed by atoms with E-state index in [1.54, 1.807) is 28.9 Å². The Bertz CT molecular complexity index is 956. The van der Waals surface area contributed by atoms with Crippen LogP contribution in [0.3, 0.4) is 0 Å². The van der Waals surface area contributed by atoms with Crippen LogP contribution in [0.2, 0.25) is 0 Å². The lowest BCUT2D eigenvalue weighted by atomic mass is 10.1. The summed E-state index contributed by atoms with van der Waals surface area (Å²) >= 11 is 0. The lowest BCUT2D eigenvalue weighted by Gasteiger charge is -2.19. The highest BCUT2D eigenvalue weighted by atomic mass is 32.2. The van der Waals surface area contributed by atoms with Gasteiger partial charge in [-0.3, -0.25) is 4.79 Å². The molecule has 0 bridgehead atoms. The average molecular weight is 361 g/mol. The Morgan fingerprint density at radius 2 is 1.80 bits per heavy atom. The predicted octanol–water partition coefficient (Wildman–Crippen LogP) is 2.10. The van der Waals surface area contributed by atoms with Gasteiger partial charge < -0.3 is 4.90 Å². The van der Waals surface area contributed by atoms with Crippen LogP contribution in [0, 0.1) is 12.8 Å². The van der Waals surface area contributed by atoms with Crippen molar-refractivity contribution in [1.82, 2.24) is 9.78 Å². The minimum Gasteiger partial charge on any atom is -0.373 e. The monoisotopic (exact) mass is 361 g/mol.